The second kappa shape index (κ2) is 6.70. The molecule has 2 N–H and O–H groups in total. The number of aliphatic hydroxyl groups excluding tert-OH is 1. The maximum Gasteiger partial charge on any atom is 0.0456 e. The highest BCUT2D eigenvalue weighted by atomic mass is 35.5. The molecule has 0 aromatic heterocycles. The minimum atomic E-state index is 0. The highest BCUT2D eigenvalue weighted by molar-refractivity contribution is 5.85. The van der Waals surface area contributed by atoms with Crippen LogP contribution in [0, 0.1) is 11.8 Å². The van der Waals surface area contributed by atoms with Crippen molar-refractivity contribution in [2.75, 3.05) is 19.7 Å². The van der Waals surface area contributed by atoms with Crippen LogP contribution in [0.3, 0.4) is 0 Å². The van der Waals surface area contributed by atoms with Gasteiger partial charge in [0.15, 0.2) is 0 Å². The molecule has 1 aliphatic rings. The number of piperidine rings is 1. The highest BCUT2D eigenvalue weighted by Crippen LogP contribution is 2.20. The number of halogens is 1. The van der Waals surface area contributed by atoms with Crippen LogP contribution in [0.5, 0.6) is 0 Å². The number of hydrogen-bond acceptors (Lipinski definition) is 2. The van der Waals surface area contributed by atoms with Crippen molar-refractivity contribution in [2.45, 2.75) is 26.2 Å². The van der Waals surface area contributed by atoms with Gasteiger partial charge in [-0.15, -0.1) is 12.4 Å². The minimum Gasteiger partial charge on any atom is -0.396 e. The smallest absolute Gasteiger partial charge is 0.0456 e. The van der Waals surface area contributed by atoms with E-state index < -0.39 is 0 Å². The molecule has 0 aliphatic carbocycles. The fraction of sp³-hybridized carbons (Fsp3) is 1.00. The van der Waals surface area contributed by atoms with Gasteiger partial charge in [-0.1, -0.05) is 6.92 Å². The van der Waals surface area contributed by atoms with Crippen LogP contribution in [-0.2, 0) is 0 Å². The Hall–Kier alpha value is 0.210. The molecule has 1 heterocycles. The van der Waals surface area contributed by atoms with E-state index in [-0.39, 0.29) is 12.4 Å². The van der Waals surface area contributed by atoms with E-state index in [1.807, 2.05) is 0 Å². The Kier molecular flexibility index (Phi) is 6.81. The molecule has 1 aliphatic heterocycles. The van der Waals surface area contributed by atoms with Crippen LogP contribution in [0.15, 0.2) is 0 Å². The predicted octanol–water partition coefficient (Wildman–Crippen LogP) is 1.43. The standard InChI is InChI=1S/C9H19NO.ClH/c1-8(7-11)6-9-2-4-10-5-3-9;/h8-11H,2-7H2,1H3;1H. The molecular formula is C9H20ClNO. The van der Waals surface area contributed by atoms with E-state index in [9.17, 15) is 0 Å². The average Bonchev–Trinajstić information content (AvgIpc) is 2.06. The molecular weight excluding hydrogens is 174 g/mol. The maximum absolute atomic E-state index is 8.85. The van der Waals surface area contributed by atoms with E-state index in [1.165, 1.54) is 32.4 Å². The first-order valence-electron chi connectivity index (χ1n) is 4.64. The summed E-state index contributed by atoms with van der Waals surface area (Å²) in [7, 11) is 0. The molecule has 0 aromatic rings. The molecule has 1 rings (SSSR count). The largest absolute Gasteiger partial charge is 0.396 e. The third-order valence-electron chi connectivity index (χ3n) is 2.51. The van der Waals surface area contributed by atoms with Gasteiger partial charge in [0.2, 0.25) is 0 Å². The Morgan fingerprint density at radius 1 is 1.42 bits per heavy atom. The van der Waals surface area contributed by atoms with Crippen molar-refractivity contribution in [1.82, 2.24) is 5.32 Å². The summed E-state index contributed by atoms with van der Waals surface area (Å²) in [5.74, 6) is 1.36. The molecule has 74 valence electrons. The predicted molar refractivity (Wildman–Crippen MR) is 53.7 cm³/mol. The molecule has 0 aromatic carbocycles. The lowest BCUT2D eigenvalue weighted by Crippen LogP contribution is -2.28. The van der Waals surface area contributed by atoms with Gasteiger partial charge in [0.25, 0.3) is 0 Å². The monoisotopic (exact) mass is 193 g/mol. The van der Waals surface area contributed by atoms with Gasteiger partial charge in [-0.2, -0.15) is 0 Å². The lowest BCUT2D eigenvalue weighted by Gasteiger charge is -2.24. The molecule has 1 fully saturated rings. The molecule has 1 unspecified atom stereocenters. The number of nitrogens with one attached hydrogen (secondary N) is 1. The third kappa shape index (κ3) is 4.29. The van der Waals surface area contributed by atoms with Crippen molar-refractivity contribution in [3.05, 3.63) is 0 Å². The fourth-order valence-corrected chi connectivity index (χ4v) is 1.76. The maximum atomic E-state index is 8.85. The first-order chi connectivity index (χ1) is 5.33. The van der Waals surface area contributed by atoms with Gasteiger partial charge < -0.3 is 10.4 Å². The molecule has 1 atom stereocenters. The van der Waals surface area contributed by atoms with Crippen LogP contribution in [-0.4, -0.2) is 24.8 Å². The van der Waals surface area contributed by atoms with Gasteiger partial charge in [-0.05, 0) is 44.2 Å². The van der Waals surface area contributed by atoms with Crippen molar-refractivity contribution in [3.8, 4) is 0 Å². The molecule has 0 bridgehead atoms. The summed E-state index contributed by atoms with van der Waals surface area (Å²) in [5.41, 5.74) is 0. The summed E-state index contributed by atoms with van der Waals surface area (Å²) in [6.45, 7) is 4.82. The molecule has 1 saturated heterocycles. The quantitative estimate of drug-likeness (QED) is 0.711. The Bertz CT molecular complexity index is 105. The zero-order chi connectivity index (χ0) is 8.10. The number of rotatable bonds is 3. The van der Waals surface area contributed by atoms with E-state index in [0.717, 1.165) is 5.92 Å². The van der Waals surface area contributed by atoms with E-state index >= 15 is 0 Å². The van der Waals surface area contributed by atoms with Crippen LogP contribution in [0.25, 0.3) is 0 Å². The van der Waals surface area contributed by atoms with E-state index in [0.29, 0.717) is 12.5 Å². The van der Waals surface area contributed by atoms with Gasteiger partial charge in [-0.25, -0.2) is 0 Å². The molecule has 0 amide bonds. The number of aliphatic hydroxyl groups is 1. The van der Waals surface area contributed by atoms with E-state index in [4.69, 9.17) is 5.11 Å². The van der Waals surface area contributed by atoms with Gasteiger partial charge >= 0.3 is 0 Å². The summed E-state index contributed by atoms with van der Waals surface area (Å²) in [6, 6.07) is 0. The SMILES string of the molecule is CC(CO)CC1CCNCC1.Cl. The van der Waals surface area contributed by atoms with Crippen LogP contribution >= 0.6 is 12.4 Å². The van der Waals surface area contributed by atoms with Crippen molar-refractivity contribution in [3.63, 3.8) is 0 Å². The lowest BCUT2D eigenvalue weighted by atomic mass is 9.89. The summed E-state index contributed by atoms with van der Waals surface area (Å²) >= 11 is 0. The Morgan fingerprint density at radius 3 is 2.50 bits per heavy atom. The Morgan fingerprint density at radius 2 is 2.00 bits per heavy atom. The molecule has 0 radical (unpaired) electrons. The molecule has 0 saturated carbocycles. The second-order valence-electron chi connectivity index (χ2n) is 3.72. The summed E-state index contributed by atoms with van der Waals surface area (Å²) in [5, 5.41) is 12.2. The van der Waals surface area contributed by atoms with Crippen LogP contribution in [0.2, 0.25) is 0 Å². The summed E-state index contributed by atoms with van der Waals surface area (Å²) in [6.07, 6.45) is 3.80. The van der Waals surface area contributed by atoms with Crippen LogP contribution in [0.4, 0.5) is 0 Å². The number of hydrogen-bond donors (Lipinski definition) is 2. The normalized spacial score (nSPS) is 21.5. The van der Waals surface area contributed by atoms with Gasteiger partial charge in [-0.3, -0.25) is 0 Å². The average molecular weight is 194 g/mol. The van der Waals surface area contributed by atoms with Crippen molar-refractivity contribution in [2.24, 2.45) is 11.8 Å². The molecule has 3 heteroatoms. The van der Waals surface area contributed by atoms with Crippen LogP contribution in [0.1, 0.15) is 26.2 Å². The van der Waals surface area contributed by atoms with E-state index in [2.05, 4.69) is 12.2 Å². The molecule has 2 nitrogen and oxygen atoms in total. The highest BCUT2D eigenvalue weighted by Gasteiger charge is 2.15. The first-order valence-corrected chi connectivity index (χ1v) is 4.64. The van der Waals surface area contributed by atoms with Crippen LogP contribution < -0.4 is 5.32 Å². The van der Waals surface area contributed by atoms with Gasteiger partial charge in [0.1, 0.15) is 0 Å². The Balaban J connectivity index is 0.00000121. The van der Waals surface area contributed by atoms with Gasteiger partial charge in [0, 0.05) is 6.61 Å². The molecule has 0 spiro atoms. The Labute approximate surface area is 81.2 Å². The fourth-order valence-electron chi connectivity index (χ4n) is 1.76. The topological polar surface area (TPSA) is 32.3 Å². The van der Waals surface area contributed by atoms with Crippen molar-refractivity contribution in [1.29, 1.82) is 0 Å². The summed E-state index contributed by atoms with van der Waals surface area (Å²) < 4.78 is 0. The van der Waals surface area contributed by atoms with Crippen molar-refractivity contribution >= 4 is 12.4 Å². The van der Waals surface area contributed by atoms with Gasteiger partial charge in [0.05, 0.1) is 0 Å². The zero-order valence-corrected chi connectivity index (χ0v) is 8.57. The lowest BCUT2D eigenvalue weighted by molar-refractivity contribution is 0.199. The third-order valence-corrected chi connectivity index (χ3v) is 2.51. The minimum absolute atomic E-state index is 0. The van der Waals surface area contributed by atoms with Crippen molar-refractivity contribution < 1.29 is 5.11 Å². The summed E-state index contributed by atoms with van der Waals surface area (Å²) in [4.78, 5) is 0. The zero-order valence-electron chi connectivity index (χ0n) is 7.75. The molecule has 12 heavy (non-hydrogen) atoms. The second-order valence-corrected chi connectivity index (χ2v) is 3.72. The first kappa shape index (κ1) is 12.2. The van der Waals surface area contributed by atoms with E-state index in [1.54, 1.807) is 0 Å².